The number of ether oxygens (including phenoxy) is 1. The van der Waals surface area contributed by atoms with Gasteiger partial charge >= 0.3 is 4.87 Å². The van der Waals surface area contributed by atoms with Gasteiger partial charge in [0.25, 0.3) is 0 Å². The summed E-state index contributed by atoms with van der Waals surface area (Å²) in [6.07, 6.45) is 0. The van der Waals surface area contributed by atoms with Crippen molar-refractivity contribution in [2.75, 3.05) is 7.11 Å². The van der Waals surface area contributed by atoms with Crippen LogP contribution in [0.25, 0.3) is 22.0 Å². The SMILES string of the molecule is COc1ccc2cc(-c3csc(=O)[nH]3)ccc2c1. The van der Waals surface area contributed by atoms with E-state index in [1.807, 2.05) is 35.7 Å². The highest BCUT2D eigenvalue weighted by Gasteiger charge is 2.03. The summed E-state index contributed by atoms with van der Waals surface area (Å²) in [5.41, 5.74) is 1.88. The summed E-state index contributed by atoms with van der Waals surface area (Å²) in [6.45, 7) is 0. The van der Waals surface area contributed by atoms with Crippen LogP contribution in [0.1, 0.15) is 0 Å². The highest BCUT2D eigenvalue weighted by Crippen LogP contribution is 2.26. The van der Waals surface area contributed by atoms with Gasteiger partial charge in [0.05, 0.1) is 12.8 Å². The molecule has 0 aliphatic rings. The van der Waals surface area contributed by atoms with E-state index in [4.69, 9.17) is 4.74 Å². The van der Waals surface area contributed by atoms with Crippen molar-refractivity contribution in [3.8, 4) is 17.0 Å². The average Bonchev–Trinajstić information content (AvgIpc) is 2.84. The smallest absolute Gasteiger partial charge is 0.304 e. The minimum absolute atomic E-state index is 0.0279. The Bertz CT molecular complexity index is 758. The quantitative estimate of drug-likeness (QED) is 0.765. The highest BCUT2D eigenvalue weighted by atomic mass is 32.1. The Morgan fingerprint density at radius 3 is 2.61 bits per heavy atom. The largest absolute Gasteiger partial charge is 0.497 e. The van der Waals surface area contributed by atoms with Crippen molar-refractivity contribution in [2.45, 2.75) is 0 Å². The fourth-order valence-corrected chi connectivity index (χ4v) is 2.53. The lowest BCUT2D eigenvalue weighted by molar-refractivity contribution is 0.415. The Labute approximate surface area is 108 Å². The molecule has 0 fully saturated rings. The molecule has 90 valence electrons. The van der Waals surface area contributed by atoms with Crippen LogP contribution >= 0.6 is 11.3 Å². The summed E-state index contributed by atoms with van der Waals surface area (Å²) >= 11 is 1.18. The van der Waals surface area contributed by atoms with Crippen LogP contribution in [0.3, 0.4) is 0 Å². The topological polar surface area (TPSA) is 42.1 Å². The molecule has 0 saturated carbocycles. The fraction of sp³-hybridized carbons (Fsp3) is 0.0714. The summed E-state index contributed by atoms with van der Waals surface area (Å²) in [7, 11) is 1.66. The third-order valence-corrected chi connectivity index (χ3v) is 3.55. The number of hydrogen-bond acceptors (Lipinski definition) is 3. The molecule has 0 spiro atoms. The molecule has 4 heteroatoms. The Hall–Kier alpha value is -2.07. The van der Waals surface area contributed by atoms with Crippen LogP contribution in [0.2, 0.25) is 0 Å². The van der Waals surface area contributed by atoms with Crippen molar-refractivity contribution in [1.29, 1.82) is 0 Å². The van der Waals surface area contributed by atoms with Gasteiger partial charge in [-0.1, -0.05) is 29.5 Å². The van der Waals surface area contributed by atoms with Gasteiger partial charge in [-0.25, -0.2) is 0 Å². The number of aromatic nitrogens is 1. The zero-order chi connectivity index (χ0) is 12.5. The van der Waals surface area contributed by atoms with Crippen molar-refractivity contribution in [1.82, 2.24) is 4.98 Å². The monoisotopic (exact) mass is 257 g/mol. The lowest BCUT2D eigenvalue weighted by Gasteiger charge is -2.04. The molecule has 3 aromatic rings. The van der Waals surface area contributed by atoms with E-state index in [0.29, 0.717) is 0 Å². The van der Waals surface area contributed by atoms with Gasteiger partial charge in [-0.05, 0) is 34.5 Å². The molecule has 0 unspecified atom stereocenters. The van der Waals surface area contributed by atoms with Crippen LogP contribution in [0.4, 0.5) is 0 Å². The molecule has 0 radical (unpaired) electrons. The second kappa shape index (κ2) is 4.31. The number of H-pyrrole nitrogens is 1. The minimum atomic E-state index is -0.0279. The third-order valence-electron chi connectivity index (χ3n) is 2.88. The Morgan fingerprint density at radius 2 is 1.89 bits per heavy atom. The third kappa shape index (κ3) is 1.91. The van der Waals surface area contributed by atoms with E-state index in [0.717, 1.165) is 27.8 Å². The Kier molecular flexibility index (Phi) is 2.64. The minimum Gasteiger partial charge on any atom is -0.497 e. The molecule has 1 heterocycles. The first-order chi connectivity index (χ1) is 8.76. The molecule has 0 bridgehead atoms. The molecule has 0 aliphatic heterocycles. The van der Waals surface area contributed by atoms with E-state index in [1.54, 1.807) is 7.11 Å². The first-order valence-corrected chi connectivity index (χ1v) is 6.40. The van der Waals surface area contributed by atoms with Crippen molar-refractivity contribution < 1.29 is 4.74 Å². The van der Waals surface area contributed by atoms with Crippen LogP contribution in [-0.4, -0.2) is 12.1 Å². The summed E-state index contributed by atoms with van der Waals surface area (Å²) < 4.78 is 5.19. The number of methoxy groups -OCH3 is 1. The van der Waals surface area contributed by atoms with Gasteiger partial charge in [0.2, 0.25) is 0 Å². The van der Waals surface area contributed by atoms with Gasteiger partial charge in [0.1, 0.15) is 5.75 Å². The molecular formula is C14H11NO2S. The number of benzene rings is 2. The van der Waals surface area contributed by atoms with Gasteiger partial charge in [0.15, 0.2) is 0 Å². The molecule has 0 aliphatic carbocycles. The molecule has 18 heavy (non-hydrogen) atoms. The predicted molar refractivity (Wildman–Crippen MR) is 74.4 cm³/mol. The number of nitrogens with one attached hydrogen (secondary N) is 1. The van der Waals surface area contributed by atoms with E-state index in [9.17, 15) is 4.79 Å². The summed E-state index contributed by atoms with van der Waals surface area (Å²) in [6, 6.07) is 12.0. The van der Waals surface area contributed by atoms with Gasteiger partial charge in [-0.15, -0.1) is 0 Å². The van der Waals surface area contributed by atoms with Crippen molar-refractivity contribution in [2.24, 2.45) is 0 Å². The van der Waals surface area contributed by atoms with Crippen LogP contribution in [0.5, 0.6) is 5.75 Å². The number of hydrogen-bond donors (Lipinski definition) is 1. The normalized spacial score (nSPS) is 10.7. The Morgan fingerprint density at radius 1 is 1.11 bits per heavy atom. The van der Waals surface area contributed by atoms with E-state index < -0.39 is 0 Å². The molecule has 3 nitrogen and oxygen atoms in total. The number of rotatable bonds is 2. The van der Waals surface area contributed by atoms with Crippen molar-refractivity contribution in [3.63, 3.8) is 0 Å². The lowest BCUT2D eigenvalue weighted by atomic mass is 10.1. The highest BCUT2D eigenvalue weighted by molar-refractivity contribution is 7.07. The maximum Gasteiger partial charge on any atom is 0.304 e. The van der Waals surface area contributed by atoms with E-state index in [1.165, 1.54) is 11.3 Å². The molecule has 3 rings (SSSR count). The molecular weight excluding hydrogens is 246 g/mol. The molecule has 1 N–H and O–H groups in total. The molecule has 0 amide bonds. The van der Waals surface area contributed by atoms with Crippen LogP contribution in [0.15, 0.2) is 46.6 Å². The maximum atomic E-state index is 11.2. The lowest BCUT2D eigenvalue weighted by Crippen LogP contribution is -1.92. The van der Waals surface area contributed by atoms with E-state index >= 15 is 0 Å². The molecule has 0 saturated heterocycles. The summed E-state index contributed by atoms with van der Waals surface area (Å²) in [5.74, 6) is 0.846. The fourth-order valence-electron chi connectivity index (χ4n) is 1.94. The standard InChI is InChI=1S/C14H11NO2S/c1-17-12-5-4-9-6-11(3-2-10(9)7-12)13-8-18-14(16)15-13/h2-8H,1H3,(H,15,16). The van der Waals surface area contributed by atoms with Gasteiger partial charge in [-0.3, -0.25) is 4.79 Å². The average molecular weight is 257 g/mol. The van der Waals surface area contributed by atoms with Gasteiger partial charge in [0, 0.05) is 5.38 Å². The van der Waals surface area contributed by atoms with E-state index in [-0.39, 0.29) is 4.87 Å². The van der Waals surface area contributed by atoms with Crippen LogP contribution in [-0.2, 0) is 0 Å². The van der Waals surface area contributed by atoms with Crippen molar-refractivity contribution >= 4 is 22.1 Å². The molecule has 2 aromatic carbocycles. The number of thiazole rings is 1. The summed E-state index contributed by atoms with van der Waals surface area (Å²) in [5, 5.41) is 4.09. The maximum absolute atomic E-state index is 11.2. The number of fused-ring (bicyclic) bond motifs is 1. The molecule has 0 atom stereocenters. The van der Waals surface area contributed by atoms with Crippen LogP contribution in [0, 0.1) is 0 Å². The first-order valence-electron chi connectivity index (χ1n) is 5.52. The summed E-state index contributed by atoms with van der Waals surface area (Å²) in [4.78, 5) is 13.9. The van der Waals surface area contributed by atoms with Crippen molar-refractivity contribution in [3.05, 3.63) is 51.4 Å². The molecule has 1 aromatic heterocycles. The first kappa shape index (κ1) is 11.0. The predicted octanol–water partition coefficient (Wildman–Crippen LogP) is 3.27. The van der Waals surface area contributed by atoms with Gasteiger partial charge < -0.3 is 9.72 Å². The Balaban J connectivity index is 2.14. The van der Waals surface area contributed by atoms with Gasteiger partial charge in [-0.2, -0.15) is 0 Å². The number of aromatic amines is 1. The second-order valence-electron chi connectivity index (χ2n) is 3.99. The van der Waals surface area contributed by atoms with Crippen LogP contribution < -0.4 is 9.61 Å². The zero-order valence-electron chi connectivity index (χ0n) is 9.77. The van der Waals surface area contributed by atoms with E-state index in [2.05, 4.69) is 11.1 Å². The zero-order valence-corrected chi connectivity index (χ0v) is 10.6. The second-order valence-corrected chi connectivity index (χ2v) is 4.83.